The van der Waals surface area contributed by atoms with Gasteiger partial charge in [-0.05, 0) is 38.8 Å². The zero-order valence-corrected chi connectivity index (χ0v) is 16.8. The second kappa shape index (κ2) is 8.65. The molecule has 2 aromatic rings. The van der Waals surface area contributed by atoms with Crippen LogP contribution >= 0.6 is 0 Å². The van der Waals surface area contributed by atoms with E-state index in [4.69, 9.17) is 10.2 Å². The summed E-state index contributed by atoms with van der Waals surface area (Å²) in [5.74, 6) is -2.51. The van der Waals surface area contributed by atoms with Crippen LogP contribution in [0.5, 0.6) is 0 Å². The molecule has 4 rings (SSSR count). The monoisotopic (exact) mass is 400 g/mol. The summed E-state index contributed by atoms with van der Waals surface area (Å²) in [6.45, 7) is 5.69. The van der Waals surface area contributed by atoms with Gasteiger partial charge in [0.1, 0.15) is 5.65 Å². The van der Waals surface area contributed by atoms with Gasteiger partial charge in [-0.1, -0.05) is 12.8 Å². The number of piperazine rings is 1. The van der Waals surface area contributed by atoms with Crippen molar-refractivity contribution in [1.29, 1.82) is 0 Å². The number of hydrogen-bond donors (Lipinski definition) is 4. The number of pyridine rings is 1. The van der Waals surface area contributed by atoms with Gasteiger partial charge >= 0.3 is 11.9 Å². The molecule has 1 saturated carbocycles. The zero-order valence-electron chi connectivity index (χ0n) is 16.8. The van der Waals surface area contributed by atoms with Crippen LogP contribution in [0.15, 0.2) is 36.7 Å². The van der Waals surface area contributed by atoms with Crippen molar-refractivity contribution >= 4 is 28.7 Å². The highest BCUT2D eigenvalue weighted by atomic mass is 16.4. The van der Waals surface area contributed by atoms with E-state index in [-0.39, 0.29) is 5.54 Å². The highest BCUT2D eigenvalue weighted by Crippen LogP contribution is 2.36. The van der Waals surface area contributed by atoms with Crippen LogP contribution in [0.25, 0.3) is 11.0 Å². The quantitative estimate of drug-likeness (QED) is 0.585. The molecule has 0 aromatic carbocycles. The van der Waals surface area contributed by atoms with Crippen LogP contribution in [0.3, 0.4) is 0 Å². The summed E-state index contributed by atoms with van der Waals surface area (Å²) >= 11 is 0. The maximum absolute atomic E-state index is 9.55. The van der Waals surface area contributed by atoms with E-state index in [0.717, 1.165) is 12.2 Å². The van der Waals surface area contributed by atoms with Crippen LogP contribution in [-0.2, 0) is 9.59 Å². The van der Waals surface area contributed by atoms with Crippen LogP contribution < -0.4 is 10.2 Å². The molecule has 156 valence electrons. The highest BCUT2D eigenvalue weighted by Gasteiger charge is 2.40. The molecule has 8 heteroatoms. The minimum absolute atomic E-state index is 0.157. The van der Waals surface area contributed by atoms with Gasteiger partial charge in [0.25, 0.3) is 0 Å². The third-order valence-electron chi connectivity index (χ3n) is 5.39. The molecular formula is C21H28N4O4. The number of anilines is 1. The summed E-state index contributed by atoms with van der Waals surface area (Å²) in [5, 5.41) is 20.7. The van der Waals surface area contributed by atoms with Gasteiger partial charge in [0, 0.05) is 59.8 Å². The first-order chi connectivity index (χ1) is 13.8. The normalized spacial score (nSPS) is 23.3. The summed E-state index contributed by atoms with van der Waals surface area (Å²) in [4.78, 5) is 29.4. The molecule has 1 aliphatic carbocycles. The van der Waals surface area contributed by atoms with Crippen molar-refractivity contribution < 1.29 is 19.8 Å². The van der Waals surface area contributed by atoms with Crippen LogP contribution in [0.4, 0.5) is 5.69 Å². The van der Waals surface area contributed by atoms with Gasteiger partial charge in [0.15, 0.2) is 0 Å². The summed E-state index contributed by atoms with van der Waals surface area (Å²) in [6.07, 6.45) is 10.3. The highest BCUT2D eigenvalue weighted by molar-refractivity contribution is 5.90. The SMILES string of the molecule is CC1(C)CN(c2ccnc3[nH]ccc23)[C@H]2CCCC[C@@H]2N1.O=C(O)/C=C/C(=O)O. The first-order valence-electron chi connectivity index (χ1n) is 9.87. The lowest BCUT2D eigenvalue weighted by Gasteiger charge is -2.52. The molecule has 0 bridgehead atoms. The topological polar surface area (TPSA) is 119 Å². The smallest absolute Gasteiger partial charge is 0.328 e. The van der Waals surface area contributed by atoms with E-state index in [1.54, 1.807) is 0 Å². The second-order valence-corrected chi connectivity index (χ2v) is 8.19. The molecule has 3 heterocycles. The Labute approximate surface area is 169 Å². The molecule has 0 amide bonds. The first-order valence-corrected chi connectivity index (χ1v) is 9.87. The number of H-pyrrole nitrogens is 1. The van der Waals surface area contributed by atoms with Gasteiger partial charge in [-0.2, -0.15) is 0 Å². The fraction of sp³-hybridized carbons (Fsp3) is 0.476. The lowest BCUT2D eigenvalue weighted by atomic mass is 9.83. The van der Waals surface area contributed by atoms with Crippen LogP contribution in [0.1, 0.15) is 39.5 Å². The third kappa shape index (κ3) is 5.14. The average Bonchev–Trinajstić information content (AvgIpc) is 3.14. The number of nitrogens with zero attached hydrogens (tertiary/aromatic N) is 2. The minimum atomic E-state index is -1.26. The summed E-state index contributed by atoms with van der Waals surface area (Å²) in [5.41, 5.74) is 2.49. The molecule has 29 heavy (non-hydrogen) atoms. The van der Waals surface area contributed by atoms with Gasteiger partial charge in [-0.15, -0.1) is 0 Å². The number of carboxylic acid groups (broad SMARTS) is 2. The van der Waals surface area contributed by atoms with Gasteiger partial charge < -0.3 is 25.4 Å². The molecule has 2 aromatic heterocycles. The number of aromatic amines is 1. The first kappa shape index (κ1) is 20.9. The lowest BCUT2D eigenvalue weighted by molar-refractivity contribution is -0.134. The molecule has 1 saturated heterocycles. The largest absolute Gasteiger partial charge is 0.478 e. The third-order valence-corrected chi connectivity index (χ3v) is 5.39. The van der Waals surface area contributed by atoms with Crippen LogP contribution in [-0.4, -0.2) is 56.3 Å². The van der Waals surface area contributed by atoms with Crippen molar-refractivity contribution in [3.8, 4) is 0 Å². The number of rotatable bonds is 3. The molecule has 4 N–H and O–H groups in total. The van der Waals surface area contributed by atoms with Gasteiger partial charge in [0.2, 0.25) is 0 Å². The zero-order chi connectivity index (χ0) is 21.0. The van der Waals surface area contributed by atoms with E-state index >= 15 is 0 Å². The Morgan fingerprint density at radius 2 is 1.86 bits per heavy atom. The number of nitrogens with one attached hydrogen (secondary N) is 2. The van der Waals surface area contributed by atoms with Gasteiger partial charge in [-0.3, -0.25) is 0 Å². The lowest BCUT2D eigenvalue weighted by Crippen LogP contribution is -2.67. The number of aliphatic carboxylic acids is 2. The Balaban J connectivity index is 0.000000258. The molecule has 8 nitrogen and oxygen atoms in total. The van der Waals surface area contributed by atoms with Crippen molar-refractivity contribution in [2.75, 3.05) is 11.4 Å². The molecule has 2 atom stereocenters. The Bertz CT molecular complexity index is 889. The number of hydrogen-bond acceptors (Lipinski definition) is 5. The molecule has 0 spiro atoms. The van der Waals surface area contributed by atoms with Crippen molar-refractivity contribution in [1.82, 2.24) is 15.3 Å². The maximum Gasteiger partial charge on any atom is 0.328 e. The number of fused-ring (bicyclic) bond motifs is 2. The minimum Gasteiger partial charge on any atom is -0.478 e. The van der Waals surface area contributed by atoms with Crippen molar-refractivity contribution in [2.45, 2.75) is 57.2 Å². The van der Waals surface area contributed by atoms with Crippen molar-refractivity contribution in [3.63, 3.8) is 0 Å². The molecule has 2 fully saturated rings. The Morgan fingerprint density at radius 3 is 2.55 bits per heavy atom. The van der Waals surface area contributed by atoms with Crippen molar-refractivity contribution in [3.05, 3.63) is 36.7 Å². The summed E-state index contributed by atoms with van der Waals surface area (Å²) in [6, 6.07) is 5.57. The molecular weight excluding hydrogens is 372 g/mol. The van der Waals surface area contributed by atoms with Gasteiger partial charge in [-0.25, -0.2) is 14.6 Å². The van der Waals surface area contributed by atoms with Crippen LogP contribution in [0.2, 0.25) is 0 Å². The van der Waals surface area contributed by atoms with E-state index in [0.29, 0.717) is 24.2 Å². The fourth-order valence-electron chi connectivity index (χ4n) is 4.35. The Hall–Kier alpha value is -2.87. The van der Waals surface area contributed by atoms with E-state index < -0.39 is 11.9 Å². The average molecular weight is 400 g/mol. The summed E-state index contributed by atoms with van der Waals surface area (Å²) < 4.78 is 0. The molecule has 2 aliphatic rings. The standard InChI is InChI=1S/C17H24N4.C4H4O4/c1-17(2)11-21(15-6-4-3-5-13(15)20-17)14-8-10-19-16-12(14)7-9-18-16;5-3(6)1-2-4(7)8/h7-10,13,15,20H,3-6,11H2,1-2H3,(H,18,19);1-2H,(H,5,6)(H,7,8)/b;2-1+/t13-,15-;/m0./s1. The predicted octanol–water partition coefficient (Wildman–Crippen LogP) is 2.77. The Kier molecular flexibility index (Phi) is 6.22. The Morgan fingerprint density at radius 1 is 1.17 bits per heavy atom. The number of carbonyl (C=O) groups is 2. The number of carboxylic acids is 2. The van der Waals surface area contributed by atoms with Crippen molar-refractivity contribution in [2.24, 2.45) is 0 Å². The maximum atomic E-state index is 9.55. The van der Waals surface area contributed by atoms with Gasteiger partial charge in [0.05, 0.1) is 0 Å². The van der Waals surface area contributed by atoms with E-state index in [2.05, 4.69) is 46.2 Å². The predicted molar refractivity (Wildman–Crippen MR) is 111 cm³/mol. The number of aromatic nitrogens is 2. The van der Waals surface area contributed by atoms with E-state index in [9.17, 15) is 9.59 Å². The summed E-state index contributed by atoms with van der Waals surface area (Å²) in [7, 11) is 0. The van der Waals surface area contributed by atoms with E-state index in [1.807, 2.05) is 12.4 Å². The van der Waals surface area contributed by atoms with E-state index in [1.165, 1.54) is 36.8 Å². The second-order valence-electron chi connectivity index (χ2n) is 8.19. The molecule has 1 aliphatic heterocycles. The van der Waals surface area contributed by atoms with Crippen LogP contribution in [0, 0.1) is 0 Å². The molecule has 0 unspecified atom stereocenters. The fourth-order valence-corrected chi connectivity index (χ4v) is 4.35. The molecule has 0 radical (unpaired) electrons.